The molecule has 0 spiro atoms. The lowest BCUT2D eigenvalue weighted by atomic mass is 10.1. The van der Waals surface area contributed by atoms with Crippen LogP contribution >= 0.6 is 0 Å². The number of Topliss-reactive ketones (excluding diaryl/α,β-unsaturated/α-hetero) is 1. The predicted molar refractivity (Wildman–Crippen MR) is 65.0 cm³/mol. The van der Waals surface area contributed by atoms with Crippen LogP contribution in [0.5, 0.6) is 0 Å². The molecule has 0 aromatic heterocycles. The second kappa shape index (κ2) is 9.58. The highest BCUT2D eigenvalue weighted by Crippen LogP contribution is 2.06. The molecular formula is C12H21NO5. The first-order valence-electron chi connectivity index (χ1n) is 6.16. The smallest absolute Gasteiger partial charge is 0.326 e. The lowest BCUT2D eigenvalue weighted by Crippen LogP contribution is -2.40. The van der Waals surface area contributed by atoms with Crippen molar-refractivity contribution in [2.45, 2.75) is 51.5 Å². The fraction of sp³-hybridized carbons (Fsp3) is 0.750. The first-order valence-corrected chi connectivity index (χ1v) is 6.16. The van der Waals surface area contributed by atoms with Crippen molar-refractivity contribution in [3.8, 4) is 0 Å². The van der Waals surface area contributed by atoms with Gasteiger partial charge in [-0.2, -0.15) is 0 Å². The molecule has 0 bridgehead atoms. The van der Waals surface area contributed by atoms with Crippen LogP contribution in [-0.4, -0.2) is 40.5 Å². The zero-order valence-electron chi connectivity index (χ0n) is 10.6. The Morgan fingerprint density at radius 2 is 1.83 bits per heavy atom. The average molecular weight is 259 g/mol. The van der Waals surface area contributed by atoms with Crippen LogP contribution in [0, 0.1) is 0 Å². The van der Waals surface area contributed by atoms with E-state index in [2.05, 4.69) is 5.32 Å². The summed E-state index contributed by atoms with van der Waals surface area (Å²) >= 11 is 0. The van der Waals surface area contributed by atoms with Gasteiger partial charge in [0.05, 0.1) is 6.61 Å². The maximum atomic E-state index is 11.2. The molecule has 0 aliphatic rings. The van der Waals surface area contributed by atoms with E-state index in [9.17, 15) is 14.4 Å². The largest absolute Gasteiger partial charge is 0.480 e. The molecule has 0 aromatic rings. The minimum atomic E-state index is -1.09. The molecule has 3 N–H and O–H groups in total. The Kier molecular flexibility index (Phi) is 8.82. The van der Waals surface area contributed by atoms with Crippen molar-refractivity contribution in [1.29, 1.82) is 0 Å². The van der Waals surface area contributed by atoms with Gasteiger partial charge < -0.3 is 15.5 Å². The first kappa shape index (κ1) is 16.6. The van der Waals surface area contributed by atoms with Crippen LogP contribution < -0.4 is 5.32 Å². The molecule has 0 heterocycles. The van der Waals surface area contributed by atoms with Gasteiger partial charge in [0.15, 0.2) is 0 Å². The zero-order valence-corrected chi connectivity index (χ0v) is 10.6. The monoisotopic (exact) mass is 259 g/mol. The van der Waals surface area contributed by atoms with E-state index in [4.69, 9.17) is 10.2 Å². The standard InChI is InChI=1S/C12H21NO5/c1-2-9(15)5-3-4-6-10(12(17)18)13-11(16)7-8-14/h10,14H,2-8H2,1H3,(H,13,16)(H,17,18). The van der Waals surface area contributed by atoms with Crippen LogP contribution in [0.3, 0.4) is 0 Å². The lowest BCUT2D eigenvalue weighted by molar-refractivity contribution is -0.142. The van der Waals surface area contributed by atoms with Crippen molar-refractivity contribution in [2.24, 2.45) is 0 Å². The van der Waals surface area contributed by atoms with Gasteiger partial charge in [-0.15, -0.1) is 0 Å². The second-order valence-electron chi connectivity index (χ2n) is 4.07. The first-order chi connectivity index (χ1) is 8.51. The molecular weight excluding hydrogens is 238 g/mol. The topological polar surface area (TPSA) is 104 Å². The minimum absolute atomic E-state index is 0.0991. The molecule has 1 atom stereocenters. The maximum absolute atomic E-state index is 11.2. The number of amides is 1. The summed E-state index contributed by atoms with van der Waals surface area (Å²) < 4.78 is 0. The second-order valence-corrected chi connectivity index (χ2v) is 4.07. The van der Waals surface area contributed by atoms with E-state index in [-0.39, 0.29) is 18.8 Å². The molecule has 18 heavy (non-hydrogen) atoms. The highest BCUT2D eigenvalue weighted by atomic mass is 16.4. The number of carbonyl (C=O) groups excluding carboxylic acids is 2. The van der Waals surface area contributed by atoms with Gasteiger partial charge in [-0.3, -0.25) is 9.59 Å². The van der Waals surface area contributed by atoms with Crippen LogP contribution in [0.4, 0.5) is 0 Å². The van der Waals surface area contributed by atoms with Crippen molar-refractivity contribution in [3.63, 3.8) is 0 Å². The van der Waals surface area contributed by atoms with E-state index >= 15 is 0 Å². The number of unbranched alkanes of at least 4 members (excludes halogenated alkanes) is 1. The summed E-state index contributed by atoms with van der Waals surface area (Å²) in [6, 6.07) is -0.944. The molecule has 0 radical (unpaired) electrons. The van der Waals surface area contributed by atoms with E-state index in [0.29, 0.717) is 32.1 Å². The molecule has 0 saturated heterocycles. The third kappa shape index (κ3) is 7.78. The number of hydrogen-bond donors (Lipinski definition) is 3. The molecule has 0 fully saturated rings. The number of hydrogen-bond acceptors (Lipinski definition) is 4. The number of carboxylic acids is 1. The highest BCUT2D eigenvalue weighted by molar-refractivity contribution is 5.83. The summed E-state index contributed by atoms with van der Waals surface area (Å²) in [4.78, 5) is 33.1. The summed E-state index contributed by atoms with van der Waals surface area (Å²) in [5.74, 6) is -1.41. The van der Waals surface area contributed by atoms with Crippen molar-refractivity contribution in [1.82, 2.24) is 5.32 Å². The SMILES string of the molecule is CCC(=O)CCCCC(NC(=O)CCO)C(=O)O. The molecule has 0 saturated carbocycles. The van der Waals surface area contributed by atoms with Crippen molar-refractivity contribution >= 4 is 17.7 Å². The lowest BCUT2D eigenvalue weighted by Gasteiger charge is -2.13. The molecule has 1 amide bonds. The van der Waals surface area contributed by atoms with Crippen molar-refractivity contribution < 1.29 is 24.6 Å². The van der Waals surface area contributed by atoms with Crippen molar-refractivity contribution in [3.05, 3.63) is 0 Å². The molecule has 0 aliphatic carbocycles. The van der Waals surface area contributed by atoms with Gasteiger partial charge >= 0.3 is 5.97 Å². The molecule has 6 nitrogen and oxygen atoms in total. The van der Waals surface area contributed by atoms with E-state index in [0.717, 1.165) is 0 Å². The third-order valence-electron chi connectivity index (χ3n) is 2.56. The summed E-state index contributed by atoms with van der Waals surface area (Å²) in [7, 11) is 0. The number of aliphatic carboxylic acids is 1. The Labute approximate surface area is 106 Å². The molecule has 0 rings (SSSR count). The number of ketones is 1. The zero-order chi connectivity index (χ0) is 14.0. The van der Waals surface area contributed by atoms with Gasteiger partial charge in [0.25, 0.3) is 0 Å². The molecule has 6 heteroatoms. The number of carboxylic acid groups (broad SMARTS) is 1. The Morgan fingerprint density at radius 3 is 2.33 bits per heavy atom. The molecule has 0 aromatic carbocycles. The number of aliphatic hydroxyl groups excluding tert-OH is 1. The van der Waals surface area contributed by atoms with Crippen LogP contribution in [-0.2, 0) is 14.4 Å². The van der Waals surface area contributed by atoms with Gasteiger partial charge in [0, 0.05) is 19.3 Å². The van der Waals surface area contributed by atoms with Gasteiger partial charge in [0.1, 0.15) is 11.8 Å². The normalized spacial score (nSPS) is 11.9. The fourth-order valence-electron chi connectivity index (χ4n) is 1.47. The van der Waals surface area contributed by atoms with Gasteiger partial charge in [-0.1, -0.05) is 13.3 Å². The number of rotatable bonds is 10. The average Bonchev–Trinajstić information content (AvgIpc) is 2.32. The number of aliphatic hydroxyl groups is 1. The van der Waals surface area contributed by atoms with E-state index < -0.39 is 17.9 Å². The Balaban J connectivity index is 3.94. The summed E-state index contributed by atoms with van der Waals surface area (Å²) in [5.41, 5.74) is 0. The quantitative estimate of drug-likeness (QED) is 0.495. The Hall–Kier alpha value is -1.43. The van der Waals surface area contributed by atoms with Crippen LogP contribution in [0.15, 0.2) is 0 Å². The minimum Gasteiger partial charge on any atom is -0.480 e. The van der Waals surface area contributed by atoms with Crippen LogP contribution in [0.25, 0.3) is 0 Å². The molecule has 0 aliphatic heterocycles. The number of carbonyl (C=O) groups is 3. The van der Waals surface area contributed by atoms with E-state index in [1.165, 1.54) is 0 Å². The summed E-state index contributed by atoms with van der Waals surface area (Å²) in [5, 5.41) is 19.8. The van der Waals surface area contributed by atoms with E-state index in [1.54, 1.807) is 6.92 Å². The summed E-state index contributed by atoms with van der Waals surface area (Å²) in [6.07, 6.45) is 2.35. The third-order valence-corrected chi connectivity index (χ3v) is 2.56. The van der Waals surface area contributed by atoms with Gasteiger partial charge in [-0.25, -0.2) is 4.79 Å². The molecule has 104 valence electrons. The highest BCUT2D eigenvalue weighted by Gasteiger charge is 2.18. The van der Waals surface area contributed by atoms with Crippen LogP contribution in [0.2, 0.25) is 0 Å². The van der Waals surface area contributed by atoms with Crippen molar-refractivity contribution in [2.75, 3.05) is 6.61 Å². The fourth-order valence-corrected chi connectivity index (χ4v) is 1.47. The maximum Gasteiger partial charge on any atom is 0.326 e. The van der Waals surface area contributed by atoms with E-state index in [1.807, 2.05) is 0 Å². The predicted octanol–water partition coefficient (Wildman–Crippen LogP) is 0.478. The van der Waals surface area contributed by atoms with Gasteiger partial charge in [-0.05, 0) is 12.8 Å². The Morgan fingerprint density at radius 1 is 1.17 bits per heavy atom. The summed E-state index contributed by atoms with van der Waals surface area (Å²) in [6.45, 7) is 1.49. The van der Waals surface area contributed by atoms with Crippen LogP contribution in [0.1, 0.15) is 45.4 Å². The molecule has 1 unspecified atom stereocenters. The number of nitrogens with one attached hydrogen (secondary N) is 1. The Bertz CT molecular complexity index is 290. The van der Waals surface area contributed by atoms with Gasteiger partial charge in [0.2, 0.25) is 5.91 Å².